The third-order valence-electron chi connectivity index (χ3n) is 6.50. The SMILES string of the molecule is Cc1ccc([C@@H](C(=O)NC(C)(C)C)N(Cc2ccc3c(c2)OCO3)C(=O)c2ccc(CN3CCOCC3)o2)o1. The van der Waals surface area contributed by atoms with Crippen molar-refractivity contribution in [3.63, 3.8) is 0 Å². The Kier molecular flexibility index (Phi) is 7.67. The van der Waals surface area contributed by atoms with Crippen molar-refractivity contribution >= 4 is 11.8 Å². The van der Waals surface area contributed by atoms with Gasteiger partial charge in [0.1, 0.15) is 17.3 Å². The molecule has 4 heterocycles. The van der Waals surface area contributed by atoms with Gasteiger partial charge in [0.05, 0.1) is 19.8 Å². The van der Waals surface area contributed by atoms with Gasteiger partial charge in [0.2, 0.25) is 6.79 Å². The molecule has 0 saturated carbocycles. The topological polar surface area (TPSA) is 107 Å². The number of nitrogens with one attached hydrogen (secondary N) is 1. The normalized spacial score (nSPS) is 16.2. The molecular formula is C29H35N3O7. The van der Waals surface area contributed by atoms with Crippen LogP contribution in [-0.4, -0.2) is 60.2 Å². The minimum absolute atomic E-state index is 0.108. The number of benzene rings is 1. The number of ether oxygens (including phenoxy) is 3. The Balaban J connectivity index is 1.49. The number of aryl methyl sites for hydroxylation is 1. The zero-order valence-electron chi connectivity index (χ0n) is 22.8. The van der Waals surface area contributed by atoms with Crippen molar-refractivity contribution in [2.24, 2.45) is 0 Å². The summed E-state index contributed by atoms with van der Waals surface area (Å²) in [5.41, 5.74) is 0.241. The number of hydrogen-bond acceptors (Lipinski definition) is 8. The summed E-state index contributed by atoms with van der Waals surface area (Å²) in [5, 5.41) is 3.01. The van der Waals surface area contributed by atoms with Crippen LogP contribution >= 0.6 is 0 Å². The molecule has 1 fully saturated rings. The van der Waals surface area contributed by atoms with Gasteiger partial charge in [-0.25, -0.2) is 0 Å². The summed E-state index contributed by atoms with van der Waals surface area (Å²) in [4.78, 5) is 31.5. The van der Waals surface area contributed by atoms with Gasteiger partial charge in [0.15, 0.2) is 23.3 Å². The minimum Gasteiger partial charge on any atom is -0.464 e. The molecule has 1 aromatic carbocycles. The van der Waals surface area contributed by atoms with E-state index < -0.39 is 17.5 Å². The second-order valence-electron chi connectivity index (χ2n) is 10.9. The van der Waals surface area contributed by atoms with Crippen molar-refractivity contribution in [2.45, 2.75) is 52.4 Å². The summed E-state index contributed by atoms with van der Waals surface area (Å²) in [6.45, 7) is 11.2. The van der Waals surface area contributed by atoms with E-state index in [0.717, 1.165) is 18.7 Å². The molecule has 1 N–H and O–H groups in total. The molecule has 208 valence electrons. The predicted octanol–water partition coefficient (Wildman–Crippen LogP) is 4.04. The van der Waals surface area contributed by atoms with Crippen LogP contribution in [0, 0.1) is 6.92 Å². The van der Waals surface area contributed by atoms with Crippen molar-refractivity contribution in [1.29, 1.82) is 0 Å². The number of hydrogen-bond donors (Lipinski definition) is 1. The number of furan rings is 2. The fourth-order valence-corrected chi connectivity index (χ4v) is 4.68. The minimum atomic E-state index is -1.04. The quantitative estimate of drug-likeness (QED) is 0.459. The van der Waals surface area contributed by atoms with Gasteiger partial charge in [-0.1, -0.05) is 6.07 Å². The van der Waals surface area contributed by atoms with E-state index in [1.165, 1.54) is 4.90 Å². The standard InChI is InChI=1S/C29H35N3O7/c1-19-5-8-23(38-19)26(27(33)30-29(2,3)4)32(16-20-6-9-22-25(15-20)37-18-36-22)28(34)24-10-7-21(39-24)17-31-11-13-35-14-12-31/h5-10,15,26H,11-14,16-18H2,1-4H3,(H,30,33)/t26-/m0/s1. The molecule has 3 aromatic rings. The molecule has 2 aliphatic rings. The second kappa shape index (κ2) is 11.2. The van der Waals surface area contributed by atoms with Gasteiger partial charge in [-0.15, -0.1) is 0 Å². The maximum atomic E-state index is 14.1. The largest absolute Gasteiger partial charge is 0.464 e. The van der Waals surface area contributed by atoms with Crippen molar-refractivity contribution in [3.8, 4) is 11.5 Å². The lowest BCUT2D eigenvalue weighted by molar-refractivity contribution is -0.128. The summed E-state index contributed by atoms with van der Waals surface area (Å²) in [5.74, 6) is 2.27. The highest BCUT2D eigenvalue weighted by Crippen LogP contribution is 2.34. The van der Waals surface area contributed by atoms with Crippen LogP contribution in [0.1, 0.15) is 60.2 Å². The highest BCUT2D eigenvalue weighted by atomic mass is 16.7. The van der Waals surface area contributed by atoms with Crippen LogP contribution in [0.5, 0.6) is 11.5 Å². The summed E-state index contributed by atoms with van der Waals surface area (Å²) >= 11 is 0. The Morgan fingerprint density at radius 2 is 1.77 bits per heavy atom. The molecule has 0 bridgehead atoms. The van der Waals surface area contributed by atoms with Gasteiger partial charge in [-0.05, 0) is 69.7 Å². The van der Waals surface area contributed by atoms with Gasteiger partial charge in [0, 0.05) is 25.2 Å². The lowest BCUT2D eigenvalue weighted by atomic mass is 10.0. The van der Waals surface area contributed by atoms with E-state index in [0.29, 0.717) is 48.5 Å². The molecule has 0 aliphatic carbocycles. The van der Waals surface area contributed by atoms with E-state index >= 15 is 0 Å². The van der Waals surface area contributed by atoms with E-state index in [4.69, 9.17) is 23.0 Å². The van der Waals surface area contributed by atoms with E-state index in [9.17, 15) is 9.59 Å². The Morgan fingerprint density at radius 1 is 1.00 bits per heavy atom. The average molecular weight is 538 g/mol. The number of nitrogens with zero attached hydrogens (tertiary/aromatic N) is 2. The molecule has 1 saturated heterocycles. The van der Waals surface area contributed by atoms with Gasteiger partial charge < -0.3 is 33.3 Å². The number of fused-ring (bicyclic) bond motifs is 1. The average Bonchev–Trinajstić information content (AvgIpc) is 3.64. The summed E-state index contributed by atoms with van der Waals surface area (Å²) in [6.07, 6.45) is 0. The summed E-state index contributed by atoms with van der Waals surface area (Å²) in [7, 11) is 0. The maximum absolute atomic E-state index is 14.1. The van der Waals surface area contributed by atoms with E-state index in [2.05, 4.69) is 10.2 Å². The Labute approximate surface area is 227 Å². The van der Waals surface area contributed by atoms with Crippen molar-refractivity contribution < 1.29 is 32.6 Å². The second-order valence-corrected chi connectivity index (χ2v) is 10.9. The van der Waals surface area contributed by atoms with Gasteiger partial charge in [0.25, 0.3) is 11.8 Å². The lowest BCUT2D eigenvalue weighted by Gasteiger charge is -2.32. The highest BCUT2D eigenvalue weighted by molar-refractivity contribution is 5.96. The summed E-state index contributed by atoms with van der Waals surface area (Å²) in [6, 6.07) is 11.4. The zero-order valence-corrected chi connectivity index (χ0v) is 22.8. The third-order valence-corrected chi connectivity index (χ3v) is 6.50. The van der Waals surface area contributed by atoms with E-state index in [1.54, 1.807) is 31.2 Å². The molecule has 1 atom stereocenters. The third kappa shape index (κ3) is 6.46. The Hall–Kier alpha value is -3.76. The Morgan fingerprint density at radius 3 is 2.49 bits per heavy atom. The molecular weight excluding hydrogens is 502 g/mol. The molecule has 5 rings (SSSR count). The number of morpholine rings is 1. The fourth-order valence-electron chi connectivity index (χ4n) is 4.68. The van der Waals surface area contributed by atoms with Gasteiger partial charge in [-0.3, -0.25) is 14.5 Å². The van der Waals surface area contributed by atoms with Crippen LogP contribution in [0.15, 0.2) is 51.3 Å². The molecule has 10 nitrogen and oxygen atoms in total. The van der Waals surface area contributed by atoms with Crippen LogP contribution in [0.2, 0.25) is 0 Å². The van der Waals surface area contributed by atoms with Crippen LogP contribution in [0.4, 0.5) is 0 Å². The maximum Gasteiger partial charge on any atom is 0.290 e. The number of carbonyl (C=O) groups is 2. The first-order valence-corrected chi connectivity index (χ1v) is 13.1. The first kappa shape index (κ1) is 26.8. The first-order valence-electron chi connectivity index (χ1n) is 13.1. The molecule has 39 heavy (non-hydrogen) atoms. The molecule has 10 heteroatoms. The molecule has 0 radical (unpaired) electrons. The van der Waals surface area contributed by atoms with Crippen LogP contribution in [0.25, 0.3) is 0 Å². The zero-order chi connectivity index (χ0) is 27.6. The first-order chi connectivity index (χ1) is 18.7. The van der Waals surface area contributed by atoms with Crippen molar-refractivity contribution in [1.82, 2.24) is 15.1 Å². The Bertz CT molecular complexity index is 1320. The fraction of sp³-hybridized carbons (Fsp3) is 0.448. The number of carbonyl (C=O) groups excluding carboxylic acids is 2. The van der Waals surface area contributed by atoms with Crippen LogP contribution < -0.4 is 14.8 Å². The van der Waals surface area contributed by atoms with Crippen molar-refractivity contribution in [2.75, 3.05) is 33.1 Å². The van der Waals surface area contributed by atoms with Gasteiger partial charge >= 0.3 is 0 Å². The number of amides is 2. The van der Waals surface area contributed by atoms with E-state index in [-0.39, 0.29) is 25.0 Å². The van der Waals surface area contributed by atoms with Crippen LogP contribution in [0.3, 0.4) is 0 Å². The van der Waals surface area contributed by atoms with Crippen molar-refractivity contribution in [3.05, 3.63) is 71.1 Å². The monoisotopic (exact) mass is 537 g/mol. The van der Waals surface area contributed by atoms with E-state index in [1.807, 2.05) is 39.0 Å². The molecule has 2 aliphatic heterocycles. The smallest absolute Gasteiger partial charge is 0.290 e. The highest BCUT2D eigenvalue weighted by Gasteiger charge is 2.37. The molecule has 2 amide bonds. The van der Waals surface area contributed by atoms with Crippen LogP contribution in [-0.2, 0) is 22.6 Å². The molecule has 2 aromatic heterocycles. The number of rotatable bonds is 8. The molecule has 0 unspecified atom stereocenters. The molecule has 0 spiro atoms. The van der Waals surface area contributed by atoms with Gasteiger partial charge in [-0.2, -0.15) is 0 Å². The summed E-state index contributed by atoms with van der Waals surface area (Å²) < 4.78 is 28.4. The lowest BCUT2D eigenvalue weighted by Crippen LogP contribution is -2.49. The predicted molar refractivity (Wildman–Crippen MR) is 141 cm³/mol.